The van der Waals surface area contributed by atoms with Gasteiger partial charge in [-0.15, -0.1) is 0 Å². The minimum Gasteiger partial charge on any atom is -0.452 e. The summed E-state index contributed by atoms with van der Waals surface area (Å²) < 4.78 is 5.63. The Morgan fingerprint density at radius 2 is 1.65 bits per heavy atom. The number of ether oxygens (including phenoxy) is 1. The van der Waals surface area contributed by atoms with Crippen LogP contribution in [-0.4, -0.2) is 15.9 Å². The molecule has 0 N–H and O–H groups in total. The third-order valence-electron chi connectivity index (χ3n) is 4.59. The molecule has 0 aliphatic carbocycles. The number of benzene rings is 1. The lowest BCUT2D eigenvalue weighted by Crippen LogP contribution is -2.14. The van der Waals surface area contributed by atoms with Gasteiger partial charge in [-0.1, -0.05) is 64.3 Å². The van der Waals surface area contributed by atoms with Crippen molar-refractivity contribution < 1.29 is 9.53 Å². The van der Waals surface area contributed by atoms with Crippen LogP contribution < -0.4 is 0 Å². The van der Waals surface area contributed by atoms with Gasteiger partial charge < -0.3 is 4.74 Å². The largest absolute Gasteiger partial charge is 0.452 e. The van der Waals surface area contributed by atoms with E-state index in [0.29, 0.717) is 6.42 Å². The van der Waals surface area contributed by atoms with Gasteiger partial charge in [0.1, 0.15) is 6.10 Å². The standard InChI is InChI=1S/C22H30N2O2/c1-4-7-8-9-10-18-15-23-21(24-16-18)22(25)26-20(6-3)19-13-11-17(5-2)12-14-19/h11-16,20H,4-10H2,1-3H3. The molecule has 140 valence electrons. The summed E-state index contributed by atoms with van der Waals surface area (Å²) in [6.45, 7) is 6.33. The third-order valence-corrected chi connectivity index (χ3v) is 4.59. The summed E-state index contributed by atoms with van der Waals surface area (Å²) in [5.41, 5.74) is 3.35. The summed E-state index contributed by atoms with van der Waals surface area (Å²) in [5, 5.41) is 0. The number of aryl methyl sites for hydroxylation is 2. The number of hydrogen-bond acceptors (Lipinski definition) is 4. The van der Waals surface area contributed by atoms with E-state index in [-0.39, 0.29) is 11.9 Å². The van der Waals surface area contributed by atoms with Crippen molar-refractivity contribution in [3.63, 3.8) is 0 Å². The number of carbonyl (C=O) groups excluding carboxylic acids is 1. The topological polar surface area (TPSA) is 52.1 Å². The molecule has 1 aromatic heterocycles. The molecule has 1 heterocycles. The lowest BCUT2D eigenvalue weighted by molar-refractivity contribution is 0.0273. The molecular weight excluding hydrogens is 324 g/mol. The molecule has 4 heteroatoms. The van der Waals surface area contributed by atoms with Crippen LogP contribution >= 0.6 is 0 Å². The van der Waals surface area contributed by atoms with E-state index in [2.05, 4.69) is 35.9 Å². The minimum absolute atomic E-state index is 0.130. The summed E-state index contributed by atoms with van der Waals surface area (Å²) in [4.78, 5) is 20.8. The van der Waals surface area contributed by atoms with Crippen LogP contribution in [0.3, 0.4) is 0 Å². The van der Waals surface area contributed by atoms with Crippen molar-refractivity contribution in [1.29, 1.82) is 0 Å². The average Bonchev–Trinajstić information content (AvgIpc) is 2.70. The van der Waals surface area contributed by atoms with Crippen LogP contribution in [0.15, 0.2) is 36.7 Å². The number of rotatable bonds is 10. The quantitative estimate of drug-likeness (QED) is 0.419. The Bertz CT molecular complexity index is 666. The molecule has 0 aliphatic heterocycles. The Morgan fingerprint density at radius 3 is 2.23 bits per heavy atom. The van der Waals surface area contributed by atoms with Gasteiger partial charge in [0.05, 0.1) is 0 Å². The van der Waals surface area contributed by atoms with Gasteiger partial charge in [-0.3, -0.25) is 0 Å². The number of esters is 1. The molecule has 4 nitrogen and oxygen atoms in total. The lowest BCUT2D eigenvalue weighted by atomic mass is 10.0. The fraction of sp³-hybridized carbons (Fsp3) is 0.500. The molecule has 0 radical (unpaired) electrons. The van der Waals surface area contributed by atoms with Crippen molar-refractivity contribution >= 4 is 5.97 Å². The lowest BCUT2D eigenvalue weighted by Gasteiger charge is -2.16. The summed E-state index contributed by atoms with van der Waals surface area (Å²) in [6, 6.07) is 8.21. The first-order valence-corrected chi connectivity index (χ1v) is 9.78. The molecule has 2 aromatic rings. The van der Waals surface area contributed by atoms with E-state index in [1.54, 1.807) is 12.4 Å². The van der Waals surface area contributed by atoms with E-state index in [9.17, 15) is 4.79 Å². The molecule has 0 spiro atoms. The van der Waals surface area contributed by atoms with E-state index in [1.807, 2.05) is 19.1 Å². The number of nitrogens with zero attached hydrogens (tertiary/aromatic N) is 2. The molecule has 1 unspecified atom stereocenters. The molecule has 1 atom stereocenters. The molecule has 0 bridgehead atoms. The van der Waals surface area contributed by atoms with E-state index in [0.717, 1.165) is 30.4 Å². The maximum absolute atomic E-state index is 12.4. The smallest absolute Gasteiger partial charge is 0.376 e. The van der Waals surface area contributed by atoms with Gasteiger partial charge in [0.2, 0.25) is 5.82 Å². The monoisotopic (exact) mass is 354 g/mol. The van der Waals surface area contributed by atoms with Gasteiger partial charge in [-0.25, -0.2) is 14.8 Å². The van der Waals surface area contributed by atoms with Crippen LogP contribution in [-0.2, 0) is 17.6 Å². The zero-order valence-electron chi connectivity index (χ0n) is 16.2. The molecule has 0 fully saturated rings. The van der Waals surface area contributed by atoms with Crippen LogP contribution in [0.2, 0.25) is 0 Å². The maximum atomic E-state index is 12.4. The summed E-state index contributed by atoms with van der Waals surface area (Å²) in [6.07, 6.45) is 10.7. The molecule has 1 aromatic carbocycles. The Morgan fingerprint density at radius 1 is 0.962 bits per heavy atom. The van der Waals surface area contributed by atoms with Crippen molar-refractivity contribution in [2.45, 2.75) is 71.8 Å². The number of hydrogen-bond donors (Lipinski definition) is 0. The van der Waals surface area contributed by atoms with Gasteiger partial charge in [0, 0.05) is 12.4 Å². The highest BCUT2D eigenvalue weighted by Gasteiger charge is 2.18. The number of unbranched alkanes of at least 4 members (excludes halogenated alkanes) is 3. The fourth-order valence-corrected chi connectivity index (χ4v) is 2.88. The predicted octanol–water partition coefficient (Wildman–Crippen LogP) is 5.47. The number of carbonyl (C=O) groups is 1. The molecule has 0 aliphatic rings. The highest BCUT2D eigenvalue weighted by molar-refractivity contribution is 5.85. The van der Waals surface area contributed by atoms with E-state index < -0.39 is 5.97 Å². The highest BCUT2D eigenvalue weighted by atomic mass is 16.5. The first-order valence-electron chi connectivity index (χ1n) is 9.78. The Kier molecular flexibility index (Phi) is 8.26. The van der Waals surface area contributed by atoms with Gasteiger partial charge in [0.25, 0.3) is 0 Å². The molecule has 0 amide bonds. The second kappa shape index (κ2) is 10.7. The first kappa shape index (κ1) is 20.1. The van der Waals surface area contributed by atoms with Crippen molar-refractivity contribution in [2.75, 3.05) is 0 Å². The fourth-order valence-electron chi connectivity index (χ4n) is 2.88. The van der Waals surface area contributed by atoms with Gasteiger partial charge in [-0.05, 0) is 42.4 Å². The normalized spacial score (nSPS) is 12.0. The number of aromatic nitrogens is 2. The SMILES string of the molecule is CCCCCCc1cnc(C(=O)OC(CC)c2ccc(CC)cc2)nc1. The van der Waals surface area contributed by atoms with Crippen molar-refractivity contribution in [2.24, 2.45) is 0 Å². The van der Waals surface area contributed by atoms with Gasteiger partial charge >= 0.3 is 5.97 Å². The maximum Gasteiger partial charge on any atom is 0.376 e. The zero-order chi connectivity index (χ0) is 18.8. The predicted molar refractivity (Wildman–Crippen MR) is 104 cm³/mol. The van der Waals surface area contributed by atoms with Crippen LogP contribution in [0.5, 0.6) is 0 Å². The van der Waals surface area contributed by atoms with Crippen LogP contribution in [0.4, 0.5) is 0 Å². The van der Waals surface area contributed by atoms with Gasteiger partial charge in [-0.2, -0.15) is 0 Å². The van der Waals surface area contributed by atoms with Crippen molar-refractivity contribution in [1.82, 2.24) is 9.97 Å². The second-order valence-electron chi connectivity index (χ2n) is 6.62. The molecule has 26 heavy (non-hydrogen) atoms. The zero-order valence-corrected chi connectivity index (χ0v) is 16.2. The summed E-state index contributed by atoms with van der Waals surface area (Å²) in [7, 11) is 0. The average molecular weight is 354 g/mol. The molecular formula is C22H30N2O2. The van der Waals surface area contributed by atoms with Crippen molar-refractivity contribution in [3.05, 3.63) is 59.2 Å². The van der Waals surface area contributed by atoms with Crippen molar-refractivity contribution in [3.8, 4) is 0 Å². The Hall–Kier alpha value is -2.23. The van der Waals surface area contributed by atoms with Crippen LogP contribution in [0, 0.1) is 0 Å². The molecule has 0 saturated heterocycles. The summed E-state index contributed by atoms with van der Waals surface area (Å²) >= 11 is 0. The van der Waals surface area contributed by atoms with E-state index >= 15 is 0 Å². The minimum atomic E-state index is -0.464. The third kappa shape index (κ3) is 5.94. The first-order chi connectivity index (χ1) is 12.7. The van der Waals surface area contributed by atoms with Crippen LogP contribution in [0.1, 0.15) is 86.3 Å². The van der Waals surface area contributed by atoms with Crippen LogP contribution in [0.25, 0.3) is 0 Å². The molecule has 0 saturated carbocycles. The Balaban J connectivity index is 1.94. The Labute approximate surface area is 157 Å². The van der Waals surface area contributed by atoms with E-state index in [1.165, 1.54) is 24.8 Å². The highest BCUT2D eigenvalue weighted by Crippen LogP contribution is 2.22. The summed E-state index contributed by atoms with van der Waals surface area (Å²) in [5.74, 6) is -0.333. The van der Waals surface area contributed by atoms with E-state index in [4.69, 9.17) is 4.74 Å². The second-order valence-corrected chi connectivity index (χ2v) is 6.62. The molecule has 2 rings (SSSR count). The van der Waals surface area contributed by atoms with Gasteiger partial charge in [0.15, 0.2) is 0 Å².